The molecule has 1 aromatic carbocycles. The Kier molecular flexibility index (Phi) is 5.84. The van der Waals surface area contributed by atoms with E-state index in [-0.39, 0.29) is 11.3 Å². The minimum absolute atomic E-state index is 0.125. The van der Waals surface area contributed by atoms with Crippen LogP contribution in [0, 0.1) is 0 Å². The minimum Gasteiger partial charge on any atom is -0.469 e. The van der Waals surface area contributed by atoms with Crippen molar-refractivity contribution < 1.29 is 22.7 Å². The van der Waals surface area contributed by atoms with Gasteiger partial charge in [0.15, 0.2) is 9.84 Å². The fourth-order valence-electron chi connectivity index (χ4n) is 1.55. The van der Waals surface area contributed by atoms with Crippen LogP contribution < -0.4 is 0 Å². The average Bonchev–Trinajstić information content (AvgIpc) is 2.44. The molecule has 0 aliphatic carbocycles. The molecule has 0 heterocycles. The molecule has 0 saturated carbocycles. The smallest absolute Gasteiger partial charge is 0.306 e. The Morgan fingerprint density at radius 2 is 1.84 bits per heavy atom. The molecule has 0 bridgehead atoms. The Morgan fingerprint density at radius 3 is 2.32 bits per heavy atom. The van der Waals surface area contributed by atoms with Gasteiger partial charge >= 0.3 is 5.97 Å². The lowest BCUT2D eigenvalue weighted by Gasteiger charge is -2.21. The molecular formula is C12H16O5S2. The third-order valence-corrected chi connectivity index (χ3v) is 5.54. The van der Waals surface area contributed by atoms with E-state index < -0.39 is 26.5 Å². The van der Waals surface area contributed by atoms with E-state index in [1.165, 1.54) is 26.4 Å². The van der Waals surface area contributed by atoms with Crippen LogP contribution in [0.15, 0.2) is 35.2 Å². The second-order valence-corrected chi connectivity index (χ2v) is 6.48. The second kappa shape index (κ2) is 6.93. The van der Waals surface area contributed by atoms with Crippen LogP contribution in [0.1, 0.15) is 6.42 Å². The Hall–Kier alpha value is -1.05. The summed E-state index contributed by atoms with van der Waals surface area (Å²) in [5, 5.41) is -1.10. The molecular weight excluding hydrogens is 288 g/mol. The van der Waals surface area contributed by atoms with Crippen molar-refractivity contribution in [3.63, 3.8) is 0 Å². The molecule has 7 heteroatoms. The zero-order valence-electron chi connectivity index (χ0n) is 10.6. The fraction of sp³-hybridized carbons (Fsp3) is 0.417. The first-order valence-electron chi connectivity index (χ1n) is 5.50. The van der Waals surface area contributed by atoms with E-state index in [4.69, 9.17) is 4.74 Å². The van der Waals surface area contributed by atoms with Crippen molar-refractivity contribution in [2.45, 2.75) is 22.0 Å². The van der Waals surface area contributed by atoms with Gasteiger partial charge in [0.25, 0.3) is 0 Å². The Balaban J connectivity index is 3.13. The summed E-state index contributed by atoms with van der Waals surface area (Å²) in [5.41, 5.74) is -0.913. The molecule has 2 atom stereocenters. The molecule has 1 aromatic rings. The largest absolute Gasteiger partial charge is 0.469 e. The molecule has 0 aliphatic heterocycles. The van der Waals surface area contributed by atoms with Crippen molar-refractivity contribution in [1.82, 2.24) is 0 Å². The van der Waals surface area contributed by atoms with Gasteiger partial charge in [-0.05, 0) is 12.1 Å². The second-order valence-electron chi connectivity index (χ2n) is 3.80. The van der Waals surface area contributed by atoms with Crippen LogP contribution in [-0.4, -0.2) is 39.3 Å². The molecule has 0 radical (unpaired) electrons. The molecule has 0 aromatic heterocycles. The van der Waals surface area contributed by atoms with Crippen LogP contribution >= 0.6 is 12.6 Å². The van der Waals surface area contributed by atoms with Gasteiger partial charge in [0, 0.05) is 7.11 Å². The number of carbonyl (C=O) groups excluding carboxylic acids is 1. The summed E-state index contributed by atoms with van der Waals surface area (Å²) in [7, 11) is -1.18. The van der Waals surface area contributed by atoms with Gasteiger partial charge in [-0.2, -0.15) is 0 Å². The number of hydrogen-bond donors (Lipinski definition) is 1. The van der Waals surface area contributed by atoms with Crippen molar-refractivity contribution in [1.29, 1.82) is 0 Å². The summed E-state index contributed by atoms with van der Waals surface area (Å²) in [6.07, 6.45) is -0.310. The van der Waals surface area contributed by atoms with Crippen molar-refractivity contribution in [3.8, 4) is 0 Å². The topological polar surface area (TPSA) is 69.7 Å². The highest BCUT2D eigenvalue weighted by molar-refractivity contribution is 7.93. The third kappa shape index (κ3) is 3.95. The Bertz CT molecular complexity index is 512. The first kappa shape index (κ1) is 16.0. The van der Waals surface area contributed by atoms with Gasteiger partial charge in [0.1, 0.15) is 10.7 Å². The molecule has 0 spiro atoms. The number of thiol groups is 1. The van der Waals surface area contributed by atoms with Gasteiger partial charge in [-0.15, -0.1) is 12.6 Å². The summed E-state index contributed by atoms with van der Waals surface area (Å²) in [4.78, 5) is 11.5. The number of esters is 1. The highest BCUT2D eigenvalue weighted by Gasteiger charge is 2.35. The molecule has 0 saturated heterocycles. The number of methoxy groups -OCH3 is 2. The zero-order valence-corrected chi connectivity index (χ0v) is 12.4. The monoisotopic (exact) mass is 304 g/mol. The van der Waals surface area contributed by atoms with Crippen LogP contribution in [0.2, 0.25) is 0 Å². The average molecular weight is 304 g/mol. The zero-order chi connectivity index (χ0) is 14.5. The molecule has 0 fully saturated rings. The van der Waals surface area contributed by atoms with Gasteiger partial charge in [-0.1, -0.05) is 18.2 Å². The molecule has 0 N–H and O–H groups in total. The number of carbonyl (C=O) groups is 1. The maximum absolute atomic E-state index is 12.4. The van der Waals surface area contributed by atoms with Crippen LogP contribution in [0.5, 0.6) is 0 Å². The lowest BCUT2D eigenvalue weighted by molar-refractivity contribution is -0.140. The van der Waals surface area contributed by atoms with Gasteiger partial charge in [-0.25, -0.2) is 8.42 Å². The lowest BCUT2D eigenvalue weighted by atomic mass is 10.3. The summed E-state index contributed by atoms with van der Waals surface area (Å²) in [6, 6.07) is 7.87. The molecule has 2 unspecified atom stereocenters. The third-order valence-electron chi connectivity index (χ3n) is 2.63. The summed E-state index contributed by atoms with van der Waals surface area (Å²) < 4.78 is 34.4. The quantitative estimate of drug-likeness (QED) is 0.487. The van der Waals surface area contributed by atoms with E-state index in [1.807, 2.05) is 0 Å². The van der Waals surface area contributed by atoms with Gasteiger partial charge in [-0.3, -0.25) is 4.79 Å². The summed E-state index contributed by atoms with van der Waals surface area (Å²) >= 11 is 4.07. The molecule has 1 rings (SSSR count). The van der Waals surface area contributed by atoms with E-state index in [9.17, 15) is 13.2 Å². The van der Waals surface area contributed by atoms with E-state index in [0.717, 1.165) is 0 Å². The Labute approximate surface area is 118 Å². The minimum atomic E-state index is -3.72. The van der Waals surface area contributed by atoms with Crippen molar-refractivity contribution >= 4 is 28.4 Å². The maximum atomic E-state index is 12.4. The molecule has 19 heavy (non-hydrogen) atoms. The Morgan fingerprint density at radius 1 is 1.26 bits per heavy atom. The fourth-order valence-corrected chi connectivity index (χ4v) is 3.79. The maximum Gasteiger partial charge on any atom is 0.306 e. The van der Waals surface area contributed by atoms with E-state index in [2.05, 4.69) is 17.4 Å². The van der Waals surface area contributed by atoms with Crippen molar-refractivity contribution in [3.05, 3.63) is 30.3 Å². The van der Waals surface area contributed by atoms with E-state index >= 15 is 0 Å². The van der Waals surface area contributed by atoms with Crippen molar-refractivity contribution in [2.24, 2.45) is 0 Å². The molecule has 106 valence electrons. The normalized spacial score (nSPS) is 14.7. The highest BCUT2D eigenvalue weighted by atomic mass is 32.2. The summed E-state index contributed by atoms with van der Waals surface area (Å²) in [6.45, 7) is 0. The summed E-state index contributed by atoms with van der Waals surface area (Å²) in [5.74, 6) is -0.624. The van der Waals surface area contributed by atoms with E-state index in [1.54, 1.807) is 18.2 Å². The van der Waals surface area contributed by atoms with Crippen LogP contribution in [-0.2, 0) is 24.1 Å². The highest BCUT2D eigenvalue weighted by Crippen LogP contribution is 2.24. The number of ether oxygens (including phenoxy) is 2. The number of sulfone groups is 1. The lowest BCUT2D eigenvalue weighted by Crippen LogP contribution is -2.34. The van der Waals surface area contributed by atoms with E-state index in [0.29, 0.717) is 0 Å². The van der Waals surface area contributed by atoms with Gasteiger partial charge in [0.2, 0.25) is 0 Å². The SMILES string of the molecule is COC(=O)CC(C(S)OC)S(=O)(=O)c1ccccc1. The standard InChI is InChI=1S/C12H16O5S2/c1-16-11(13)8-10(12(18)17-2)19(14,15)9-6-4-3-5-7-9/h3-7,10,12,18H,8H2,1-2H3. The molecule has 0 amide bonds. The van der Waals surface area contributed by atoms with Crippen molar-refractivity contribution in [2.75, 3.05) is 14.2 Å². The molecule has 5 nitrogen and oxygen atoms in total. The van der Waals surface area contributed by atoms with Crippen LogP contribution in [0.3, 0.4) is 0 Å². The molecule has 0 aliphatic rings. The van der Waals surface area contributed by atoms with Crippen LogP contribution in [0.25, 0.3) is 0 Å². The predicted molar refractivity (Wildman–Crippen MR) is 73.8 cm³/mol. The van der Waals surface area contributed by atoms with Gasteiger partial charge in [0.05, 0.1) is 18.4 Å². The van der Waals surface area contributed by atoms with Crippen LogP contribution in [0.4, 0.5) is 0 Å². The predicted octanol–water partition coefficient (Wildman–Crippen LogP) is 1.29. The first-order valence-corrected chi connectivity index (χ1v) is 7.56. The first-order chi connectivity index (χ1) is 8.93. The number of benzene rings is 1. The van der Waals surface area contributed by atoms with Gasteiger partial charge < -0.3 is 9.47 Å². The number of rotatable bonds is 6. The number of hydrogen-bond acceptors (Lipinski definition) is 6.